The zero-order valence-electron chi connectivity index (χ0n) is 48.2. The molecule has 0 aliphatic heterocycles. The van der Waals surface area contributed by atoms with Crippen molar-refractivity contribution in [3.63, 3.8) is 0 Å². The Kier molecular flexibility index (Phi) is 18.4. The van der Waals surface area contributed by atoms with E-state index in [0.29, 0.717) is 5.46 Å². The lowest BCUT2D eigenvalue weighted by Crippen LogP contribution is -2.29. The summed E-state index contributed by atoms with van der Waals surface area (Å²) in [6, 6.07) is 118. The van der Waals surface area contributed by atoms with Crippen molar-refractivity contribution in [1.82, 2.24) is 9.97 Å². The molecule has 6 heteroatoms. The van der Waals surface area contributed by atoms with Crippen LogP contribution in [0.2, 0.25) is 0 Å². The van der Waals surface area contributed by atoms with Crippen LogP contribution in [0.1, 0.15) is 0 Å². The first-order chi connectivity index (χ1) is 43.5. The van der Waals surface area contributed by atoms with Crippen LogP contribution in [-0.2, 0) is 0 Å². The normalized spacial score (nSPS) is 10.7. The summed E-state index contributed by atoms with van der Waals surface area (Å²) in [7, 11) is -1.34. The summed E-state index contributed by atoms with van der Waals surface area (Å²) in [5.74, 6) is 0. The van der Waals surface area contributed by atoms with Gasteiger partial charge >= 0.3 is 7.12 Å². The summed E-state index contributed by atoms with van der Waals surface area (Å²) in [6.45, 7) is 0. The zero-order valence-corrected chi connectivity index (χ0v) is 49.8. The number of nitrogens with zero attached hydrogens (tertiary/aromatic N) is 2. The zero-order chi connectivity index (χ0) is 59.9. The summed E-state index contributed by atoms with van der Waals surface area (Å²) in [4.78, 5) is 9.94. The molecule has 0 amide bonds. The number of pyridine rings is 2. The van der Waals surface area contributed by atoms with Crippen LogP contribution in [0.25, 0.3) is 123 Å². The molecule has 2 aromatic heterocycles. The molecule has 0 aliphatic rings. The molecule has 0 aliphatic carbocycles. The maximum Gasteiger partial charge on any atom is 0.488 e. The minimum atomic E-state index is -1.34. The lowest BCUT2D eigenvalue weighted by atomic mass is 9.79. The van der Waals surface area contributed by atoms with E-state index in [1.165, 1.54) is 77.9 Å². The third-order valence-corrected chi connectivity index (χ3v) is 15.9. The van der Waals surface area contributed by atoms with Gasteiger partial charge in [0.15, 0.2) is 0 Å². The SMILES string of the molecule is Brc1ccc(-c2cc(-c3ccccc3)c(-c3ccccc3)c(-c3ccccc3)c2-c2ccccc2)nc1.OB(O)c1ccccc1.c1ccc(-c2ccc(-c3cc(-c4ccccc4)c(-c4ccccc4)c(-c4ccccc4)c3-c3ccccc3)nc2)cc1. The molecule has 420 valence electrons. The van der Waals surface area contributed by atoms with Crippen LogP contribution in [0.3, 0.4) is 0 Å². The summed E-state index contributed by atoms with van der Waals surface area (Å²) < 4.78 is 0.963. The van der Waals surface area contributed by atoms with E-state index in [2.05, 4.69) is 319 Å². The van der Waals surface area contributed by atoms with Crippen molar-refractivity contribution in [2.75, 3.05) is 0 Å². The van der Waals surface area contributed by atoms with Crippen LogP contribution in [-0.4, -0.2) is 27.1 Å². The predicted octanol–water partition coefficient (Wildman–Crippen LogP) is 20.6. The van der Waals surface area contributed by atoms with Gasteiger partial charge in [-0.25, -0.2) is 0 Å². The minimum absolute atomic E-state index is 0.525. The molecule has 0 fully saturated rings. The molecule has 0 saturated carbocycles. The number of aromatic nitrogens is 2. The number of halogens is 1. The van der Waals surface area contributed by atoms with E-state index >= 15 is 0 Å². The topological polar surface area (TPSA) is 66.2 Å². The summed E-state index contributed by atoms with van der Waals surface area (Å²) in [5.41, 5.74) is 25.9. The van der Waals surface area contributed by atoms with E-state index in [1.54, 1.807) is 24.3 Å². The molecule has 2 N–H and O–H groups in total. The highest BCUT2D eigenvalue weighted by Gasteiger charge is 2.26. The van der Waals surface area contributed by atoms with Gasteiger partial charge in [-0.15, -0.1) is 0 Å². The molecule has 0 spiro atoms. The van der Waals surface area contributed by atoms with Crippen molar-refractivity contribution in [1.29, 1.82) is 0 Å². The smallest absolute Gasteiger partial charge is 0.423 e. The Bertz CT molecular complexity index is 4500. The van der Waals surface area contributed by atoms with E-state index < -0.39 is 7.12 Å². The molecule has 14 rings (SSSR count). The van der Waals surface area contributed by atoms with Crippen LogP contribution < -0.4 is 5.46 Å². The minimum Gasteiger partial charge on any atom is -0.423 e. The maximum absolute atomic E-state index is 8.58. The van der Waals surface area contributed by atoms with Crippen LogP contribution in [0.4, 0.5) is 0 Å². The predicted molar refractivity (Wildman–Crippen MR) is 372 cm³/mol. The number of rotatable bonds is 12. The second-order valence-corrected chi connectivity index (χ2v) is 22.0. The van der Waals surface area contributed by atoms with Crippen LogP contribution >= 0.6 is 15.9 Å². The molecule has 4 nitrogen and oxygen atoms in total. The lowest BCUT2D eigenvalue weighted by Gasteiger charge is -2.24. The molecular weight excluding hydrogens is 1140 g/mol. The van der Waals surface area contributed by atoms with Crippen molar-refractivity contribution in [3.8, 4) is 123 Å². The fraction of sp³-hybridized carbons (Fsp3) is 0. The highest BCUT2D eigenvalue weighted by molar-refractivity contribution is 9.10. The molecule has 14 aromatic rings. The molecule has 0 bridgehead atoms. The van der Waals surface area contributed by atoms with E-state index in [4.69, 9.17) is 20.0 Å². The van der Waals surface area contributed by atoms with Gasteiger partial charge in [0.1, 0.15) is 0 Å². The Hall–Kier alpha value is -10.6. The maximum atomic E-state index is 8.58. The van der Waals surface area contributed by atoms with Gasteiger partial charge in [0.25, 0.3) is 0 Å². The summed E-state index contributed by atoms with van der Waals surface area (Å²) in [6.07, 6.45) is 3.87. The number of hydrogen-bond acceptors (Lipinski definition) is 4. The Labute approximate surface area is 524 Å². The van der Waals surface area contributed by atoms with Gasteiger partial charge in [0.05, 0.1) is 11.4 Å². The Morgan fingerprint density at radius 1 is 0.227 bits per heavy atom. The van der Waals surface area contributed by atoms with Crippen molar-refractivity contribution >= 4 is 28.5 Å². The van der Waals surface area contributed by atoms with Gasteiger partial charge < -0.3 is 10.0 Å². The number of hydrogen-bond donors (Lipinski definition) is 2. The van der Waals surface area contributed by atoms with Gasteiger partial charge in [-0.05, 0) is 146 Å². The average Bonchev–Trinajstić information content (AvgIpc) is 2.18. The van der Waals surface area contributed by atoms with Gasteiger partial charge in [-0.2, -0.15) is 0 Å². The van der Waals surface area contributed by atoms with Gasteiger partial charge in [0, 0.05) is 33.6 Å². The van der Waals surface area contributed by atoms with Crippen molar-refractivity contribution in [2.24, 2.45) is 0 Å². The van der Waals surface area contributed by atoms with Crippen LogP contribution in [0, 0.1) is 0 Å². The molecule has 0 atom stereocenters. The van der Waals surface area contributed by atoms with E-state index in [0.717, 1.165) is 49.2 Å². The molecule has 12 aromatic carbocycles. The quantitative estimate of drug-likeness (QED) is 0.120. The lowest BCUT2D eigenvalue weighted by molar-refractivity contribution is 0.426. The Morgan fingerprint density at radius 3 is 0.761 bits per heavy atom. The second kappa shape index (κ2) is 28.1. The Balaban J connectivity index is 0.000000151. The molecular formula is C82H60BBrN2O2. The molecule has 0 saturated heterocycles. The first-order valence-electron chi connectivity index (χ1n) is 29.4. The van der Waals surface area contributed by atoms with E-state index in [1.807, 2.05) is 24.5 Å². The van der Waals surface area contributed by atoms with Crippen molar-refractivity contribution in [3.05, 3.63) is 357 Å². The van der Waals surface area contributed by atoms with Gasteiger partial charge in [-0.1, -0.05) is 309 Å². The van der Waals surface area contributed by atoms with E-state index in [-0.39, 0.29) is 0 Å². The third kappa shape index (κ3) is 13.3. The van der Waals surface area contributed by atoms with Crippen LogP contribution in [0.15, 0.2) is 357 Å². The second-order valence-electron chi connectivity index (χ2n) is 21.1. The van der Waals surface area contributed by atoms with Gasteiger partial charge in [-0.3, -0.25) is 9.97 Å². The highest BCUT2D eigenvalue weighted by Crippen LogP contribution is 2.52. The molecule has 0 radical (unpaired) electrons. The first-order valence-corrected chi connectivity index (χ1v) is 30.2. The summed E-state index contributed by atoms with van der Waals surface area (Å²) >= 11 is 3.56. The molecule has 2 heterocycles. The Morgan fingerprint density at radius 2 is 0.489 bits per heavy atom. The fourth-order valence-electron chi connectivity index (χ4n) is 11.4. The average molecular weight is 1200 g/mol. The first kappa shape index (κ1) is 57.8. The molecule has 88 heavy (non-hydrogen) atoms. The van der Waals surface area contributed by atoms with Crippen LogP contribution in [0.5, 0.6) is 0 Å². The van der Waals surface area contributed by atoms with E-state index in [9.17, 15) is 0 Å². The third-order valence-electron chi connectivity index (χ3n) is 15.4. The highest BCUT2D eigenvalue weighted by atomic mass is 79.9. The number of benzene rings is 12. The largest absolute Gasteiger partial charge is 0.488 e. The molecule has 0 unspecified atom stereocenters. The fourth-order valence-corrected chi connectivity index (χ4v) is 11.6. The van der Waals surface area contributed by atoms with Crippen molar-refractivity contribution < 1.29 is 10.0 Å². The monoisotopic (exact) mass is 1190 g/mol. The van der Waals surface area contributed by atoms with Gasteiger partial charge in [0.2, 0.25) is 0 Å². The summed E-state index contributed by atoms with van der Waals surface area (Å²) in [5, 5.41) is 17.2. The van der Waals surface area contributed by atoms with Crippen molar-refractivity contribution in [2.45, 2.75) is 0 Å². The standard InChI is InChI=1S/C41H29N.C35H24BrN.C6H7BO2/c1-6-16-30(17-7-1)35-26-27-38(42-29-35)37-28-36(31-18-8-2-9-19-31)39(32-20-10-3-11-21-32)41(34-24-14-5-15-25-34)40(37)33-22-12-4-13-23-33;36-29-21-22-32(37-24-29)31-23-30(25-13-5-1-6-14-25)33(26-15-7-2-8-16-26)35(28-19-11-4-12-20-28)34(31)27-17-9-3-10-18-27;8-7(9)6-4-2-1-3-5-6/h1-29H;1-24H;1-5,8-9H.